The van der Waals surface area contributed by atoms with Crippen LogP contribution < -0.4 is 10.6 Å². The highest BCUT2D eigenvalue weighted by atomic mass is 16.5. The molecule has 0 spiro atoms. The number of carbonyl (C=O) groups is 1. The first-order chi connectivity index (χ1) is 8.61. The van der Waals surface area contributed by atoms with Gasteiger partial charge >= 0.3 is 0 Å². The molecule has 6 heteroatoms. The van der Waals surface area contributed by atoms with E-state index in [0.29, 0.717) is 11.3 Å². The van der Waals surface area contributed by atoms with Crippen LogP contribution >= 0.6 is 0 Å². The fourth-order valence-electron chi connectivity index (χ4n) is 2.07. The standard InChI is InChI=1S/C12H18N4O2/c1-7-4-9(8(2)16-15-7)12(17)14-10-5-13-6-11(10)18-3/h4,10-11,13H,5-6H2,1-3H3,(H,14,17)/t10?,11-/m0/s1. The summed E-state index contributed by atoms with van der Waals surface area (Å²) >= 11 is 0. The van der Waals surface area contributed by atoms with E-state index in [0.717, 1.165) is 18.8 Å². The zero-order chi connectivity index (χ0) is 13.1. The lowest BCUT2D eigenvalue weighted by Crippen LogP contribution is -2.43. The number of nitrogens with one attached hydrogen (secondary N) is 2. The van der Waals surface area contributed by atoms with Crippen LogP contribution in [0, 0.1) is 13.8 Å². The third kappa shape index (κ3) is 2.65. The quantitative estimate of drug-likeness (QED) is 0.777. The number of hydrogen-bond acceptors (Lipinski definition) is 5. The van der Waals surface area contributed by atoms with E-state index in [-0.39, 0.29) is 18.1 Å². The first kappa shape index (κ1) is 12.9. The zero-order valence-electron chi connectivity index (χ0n) is 10.9. The van der Waals surface area contributed by atoms with Crippen molar-refractivity contribution in [2.75, 3.05) is 20.2 Å². The monoisotopic (exact) mass is 250 g/mol. The Morgan fingerprint density at radius 2 is 2.22 bits per heavy atom. The van der Waals surface area contributed by atoms with Crippen LogP contribution in [0.25, 0.3) is 0 Å². The van der Waals surface area contributed by atoms with Gasteiger partial charge in [0, 0.05) is 20.2 Å². The second-order valence-corrected chi connectivity index (χ2v) is 4.50. The number of nitrogens with zero attached hydrogens (tertiary/aromatic N) is 2. The number of aryl methyl sites for hydroxylation is 2. The highest BCUT2D eigenvalue weighted by molar-refractivity contribution is 5.95. The lowest BCUT2D eigenvalue weighted by atomic mass is 10.1. The molecule has 1 amide bonds. The summed E-state index contributed by atoms with van der Waals surface area (Å²) in [4.78, 5) is 12.2. The molecule has 98 valence electrons. The molecule has 2 atom stereocenters. The molecule has 0 bridgehead atoms. The van der Waals surface area contributed by atoms with Crippen molar-refractivity contribution < 1.29 is 9.53 Å². The molecule has 0 aromatic carbocycles. The van der Waals surface area contributed by atoms with E-state index < -0.39 is 0 Å². The normalized spacial score (nSPS) is 23.1. The SMILES string of the molecule is CO[C@H]1CNCC1NC(=O)c1cc(C)nnc1C. The van der Waals surface area contributed by atoms with E-state index in [9.17, 15) is 4.79 Å². The third-order valence-electron chi connectivity index (χ3n) is 3.12. The van der Waals surface area contributed by atoms with E-state index in [4.69, 9.17) is 4.74 Å². The summed E-state index contributed by atoms with van der Waals surface area (Å²) in [5.41, 5.74) is 1.95. The van der Waals surface area contributed by atoms with Gasteiger partial charge in [-0.3, -0.25) is 4.79 Å². The van der Waals surface area contributed by atoms with Crippen molar-refractivity contribution in [1.82, 2.24) is 20.8 Å². The van der Waals surface area contributed by atoms with Crippen LogP contribution in [0.5, 0.6) is 0 Å². The van der Waals surface area contributed by atoms with Gasteiger partial charge in [0.1, 0.15) is 0 Å². The van der Waals surface area contributed by atoms with Gasteiger partial charge in [-0.1, -0.05) is 0 Å². The largest absolute Gasteiger partial charge is 0.378 e. The minimum atomic E-state index is -0.124. The summed E-state index contributed by atoms with van der Waals surface area (Å²) in [6.07, 6.45) is 0.0187. The van der Waals surface area contributed by atoms with Crippen molar-refractivity contribution >= 4 is 5.91 Å². The molecule has 1 aliphatic heterocycles. The Hall–Kier alpha value is -1.53. The van der Waals surface area contributed by atoms with Crippen LogP contribution in [-0.2, 0) is 4.74 Å². The molecule has 18 heavy (non-hydrogen) atoms. The molecule has 2 rings (SSSR count). The smallest absolute Gasteiger partial charge is 0.253 e. The number of ether oxygens (including phenoxy) is 1. The van der Waals surface area contributed by atoms with Crippen molar-refractivity contribution in [3.63, 3.8) is 0 Å². The molecule has 0 saturated carbocycles. The van der Waals surface area contributed by atoms with Gasteiger partial charge in [-0.25, -0.2) is 0 Å². The number of rotatable bonds is 3. The van der Waals surface area contributed by atoms with Crippen LogP contribution in [0.1, 0.15) is 21.7 Å². The van der Waals surface area contributed by atoms with Crippen molar-refractivity contribution in [3.05, 3.63) is 23.0 Å². The fourth-order valence-corrected chi connectivity index (χ4v) is 2.07. The maximum Gasteiger partial charge on any atom is 0.253 e. The van der Waals surface area contributed by atoms with Crippen molar-refractivity contribution in [3.8, 4) is 0 Å². The molecule has 1 aromatic rings. The number of hydrogen-bond donors (Lipinski definition) is 2. The molecule has 1 aromatic heterocycles. The molecule has 6 nitrogen and oxygen atoms in total. The maximum absolute atomic E-state index is 12.2. The Kier molecular flexibility index (Phi) is 3.88. The Bertz CT molecular complexity index is 450. The second kappa shape index (κ2) is 5.41. The number of methoxy groups -OCH3 is 1. The Labute approximate surface area is 106 Å². The van der Waals surface area contributed by atoms with Gasteiger partial charge in [-0.15, -0.1) is 0 Å². The molecule has 0 radical (unpaired) electrons. The zero-order valence-corrected chi connectivity index (χ0v) is 10.9. The molecule has 1 fully saturated rings. The van der Waals surface area contributed by atoms with Gasteiger partial charge in [0.25, 0.3) is 5.91 Å². The lowest BCUT2D eigenvalue weighted by Gasteiger charge is -2.18. The summed E-state index contributed by atoms with van der Waals surface area (Å²) in [5, 5.41) is 14.0. The summed E-state index contributed by atoms with van der Waals surface area (Å²) in [7, 11) is 1.65. The van der Waals surface area contributed by atoms with Gasteiger partial charge in [0.15, 0.2) is 0 Å². The summed E-state index contributed by atoms with van der Waals surface area (Å²) in [6.45, 7) is 5.08. The van der Waals surface area contributed by atoms with Gasteiger partial charge in [0.05, 0.1) is 29.1 Å². The number of carbonyl (C=O) groups excluding carboxylic acids is 1. The van der Waals surface area contributed by atoms with Crippen LogP contribution in [0.15, 0.2) is 6.07 Å². The van der Waals surface area contributed by atoms with Gasteiger partial charge in [-0.2, -0.15) is 10.2 Å². The van der Waals surface area contributed by atoms with Crippen LogP contribution in [-0.4, -0.2) is 48.4 Å². The first-order valence-electron chi connectivity index (χ1n) is 5.97. The molecular formula is C12H18N4O2. The predicted molar refractivity (Wildman–Crippen MR) is 66.4 cm³/mol. The third-order valence-corrected chi connectivity index (χ3v) is 3.12. The Morgan fingerprint density at radius 1 is 1.44 bits per heavy atom. The molecule has 1 saturated heterocycles. The first-order valence-corrected chi connectivity index (χ1v) is 5.97. The van der Waals surface area contributed by atoms with Crippen LogP contribution in [0.2, 0.25) is 0 Å². The molecule has 1 aliphatic rings. The van der Waals surface area contributed by atoms with E-state index in [2.05, 4.69) is 20.8 Å². The van der Waals surface area contributed by atoms with E-state index in [1.54, 1.807) is 20.1 Å². The Morgan fingerprint density at radius 3 is 2.94 bits per heavy atom. The molecule has 1 unspecified atom stereocenters. The maximum atomic E-state index is 12.2. The Balaban J connectivity index is 2.09. The van der Waals surface area contributed by atoms with E-state index >= 15 is 0 Å². The van der Waals surface area contributed by atoms with Gasteiger partial charge < -0.3 is 15.4 Å². The highest BCUT2D eigenvalue weighted by Gasteiger charge is 2.28. The topological polar surface area (TPSA) is 76.1 Å². The second-order valence-electron chi connectivity index (χ2n) is 4.50. The summed E-state index contributed by atoms with van der Waals surface area (Å²) < 4.78 is 5.31. The van der Waals surface area contributed by atoms with Crippen molar-refractivity contribution in [1.29, 1.82) is 0 Å². The van der Waals surface area contributed by atoms with Gasteiger partial charge in [-0.05, 0) is 19.9 Å². The fraction of sp³-hybridized carbons (Fsp3) is 0.583. The average molecular weight is 250 g/mol. The van der Waals surface area contributed by atoms with Gasteiger partial charge in [0.2, 0.25) is 0 Å². The summed E-state index contributed by atoms with van der Waals surface area (Å²) in [6, 6.07) is 1.75. The van der Waals surface area contributed by atoms with Crippen LogP contribution in [0.4, 0.5) is 0 Å². The molecular weight excluding hydrogens is 232 g/mol. The van der Waals surface area contributed by atoms with E-state index in [1.807, 2.05) is 6.92 Å². The molecule has 0 aliphatic carbocycles. The highest BCUT2D eigenvalue weighted by Crippen LogP contribution is 2.08. The van der Waals surface area contributed by atoms with Crippen molar-refractivity contribution in [2.24, 2.45) is 0 Å². The molecule has 2 N–H and O–H groups in total. The minimum absolute atomic E-state index is 0.00429. The van der Waals surface area contributed by atoms with Crippen LogP contribution in [0.3, 0.4) is 0 Å². The van der Waals surface area contributed by atoms with E-state index in [1.165, 1.54) is 0 Å². The number of amides is 1. The number of aromatic nitrogens is 2. The predicted octanol–water partition coefficient (Wildman–Crippen LogP) is -0.190. The lowest BCUT2D eigenvalue weighted by molar-refractivity contribution is 0.0779. The average Bonchev–Trinajstić information content (AvgIpc) is 2.79. The molecule has 2 heterocycles. The van der Waals surface area contributed by atoms with Crippen molar-refractivity contribution in [2.45, 2.75) is 26.0 Å². The summed E-state index contributed by atoms with van der Waals surface area (Å²) in [5.74, 6) is -0.124. The minimum Gasteiger partial charge on any atom is -0.378 e.